The lowest BCUT2D eigenvalue weighted by molar-refractivity contribution is 0.333. The number of thioether (sulfide) groups is 1. The Hall–Kier alpha value is -0.940. The lowest BCUT2D eigenvalue weighted by Gasteiger charge is -2.26. The van der Waals surface area contributed by atoms with Crippen molar-refractivity contribution in [1.82, 2.24) is 5.32 Å². The van der Waals surface area contributed by atoms with Crippen LogP contribution in [-0.4, -0.2) is 33.6 Å². The fourth-order valence-corrected chi connectivity index (χ4v) is 3.25. The zero-order valence-electron chi connectivity index (χ0n) is 11.6. The first-order valence-corrected chi connectivity index (χ1v) is 7.64. The van der Waals surface area contributed by atoms with Crippen LogP contribution in [-0.2, 0) is 0 Å². The normalized spacial score (nSPS) is 16.4. The predicted molar refractivity (Wildman–Crippen MR) is 76.1 cm³/mol. The van der Waals surface area contributed by atoms with Crippen LogP contribution in [0.25, 0.3) is 0 Å². The molecule has 1 saturated heterocycles. The largest absolute Gasteiger partial charge is 0.493 e. The monoisotopic (exact) mass is 285 g/mol. The number of benzene rings is 1. The predicted octanol–water partition coefficient (Wildman–Crippen LogP) is 3.03. The van der Waals surface area contributed by atoms with Gasteiger partial charge in [-0.2, -0.15) is 0 Å². The van der Waals surface area contributed by atoms with E-state index in [0.29, 0.717) is 22.3 Å². The van der Waals surface area contributed by atoms with Crippen LogP contribution < -0.4 is 14.8 Å². The summed E-state index contributed by atoms with van der Waals surface area (Å²) in [6.45, 7) is 1.92. The summed E-state index contributed by atoms with van der Waals surface area (Å²) in [7, 11) is 3.17. The van der Waals surface area contributed by atoms with Crippen molar-refractivity contribution >= 4 is 11.8 Å². The van der Waals surface area contributed by atoms with Crippen LogP contribution in [0.4, 0.5) is 4.39 Å². The molecule has 106 valence electrons. The SMILES string of the molecule is COc1c(C2CCNCC2)cc(F)c(SC)c1OC. The highest BCUT2D eigenvalue weighted by atomic mass is 32.2. The molecule has 0 aliphatic carbocycles. The number of rotatable bonds is 4. The number of methoxy groups -OCH3 is 2. The van der Waals surface area contributed by atoms with Gasteiger partial charge in [-0.25, -0.2) is 4.39 Å². The molecule has 19 heavy (non-hydrogen) atoms. The average Bonchev–Trinajstić information content (AvgIpc) is 2.46. The van der Waals surface area contributed by atoms with Crippen LogP contribution in [0.2, 0.25) is 0 Å². The Morgan fingerprint density at radius 1 is 1.21 bits per heavy atom. The van der Waals surface area contributed by atoms with Crippen molar-refractivity contribution in [2.24, 2.45) is 0 Å². The molecule has 0 atom stereocenters. The minimum absolute atomic E-state index is 0.223. The fraction of sp³-hybridized carbons (Fsp3) is 0.571. The highest BCUT2D eigenvalue weighted by molar-refractivity contribution is 7.98. The van der Waals surface area contributed by atoms with Crippen molar-refractivity contribution in [3.8, 4) is 11.5 Å². The average molecular weight is 285 g/mol. The third-order valence-electron chi connectivity index (χ3n) is 3.57. The van der Waals surface area contributed by atoms with Crippen molar-refractivity contribution < 1.29 is 13.9 Å². The second-order valence-electron chi connectivity index (χ2n) is 4.57. The molecule has 0 spiro atoms. The maximum atomic E-state index is 14.2. The standard InChI is InChI=1S/C14H20FNO2S/c1-17-12-10(9-4-6-16-7-5-9)8-11(15)14(19-3)13(12)18-2/h8-9,16H,4-7H2,1-3H3. The van der Waals surface area contributed by atoms with Crippen LogP contribution in [0.1, 0.15) is 24.3 Å². The minimum Gasteiger partial charge on any atom is -0.493 e. The summed E-state index contributed by atoms with van der Waals surface area (Å²) in [5.74, 6) is 1.30. The van der Waals surface area contributed by atoms with Crippen LogP contribution >= 0.6 is 11.8 Å². The van der Waals surface area contributed by atoms with Crippen molar-refractivity contribution in [3.05, 3.63) is 17.4 Å². The molecule has 1 N–H and O–H groups in total. The van der Waals surface area contributed by atoms with Gasteiger partial charge in [-0.1, -0.05) is 0 Å². The third-order valence-corrected chi connectivity index (χ3v) is 4.35. The molecule has 3 nitrogen and oxygen atoms in total. The molecule has 1 heterocycles. The highest BCUT2D eigenvalue weighted by Gasteiger charge is 2.25. The molecule has 1 aliphatic rings. The molecule has 0 amide bonds. The zero-order chi connectivity index (χ0) is 13.8. The molecule has 1 aliphatic heterocycles. The number of hydrogen-bond donors (Lipinski definition) is 1. The van der Waals surface area contributed by atoms with Crippen molar-refractivity contribution in [2.45, 2.75) is 23.7 Å². The molecule has 0 bridgehead atoms. The summed E-state index contributed by atoms with van der Waals surface area (Å²) in [6.07, 6.45) is 3.83. The second kappa shape index (κ2) is 6.48. The quantitative estimate of drug-likeness (QED) is 0.861. The molecular weight excluding hydrogens is 265 g/mol. The van der Waals surface area contributed by atoms with E-state index in [0.717, 1.165) is 31.5 Å². The van der Waals surface area contributed by atoms with Gasteiger partial charge in [0, 0.05) is 5.56 Å². The number of halogens is 1. The maximum Gasteiger partial charge on any atom is 0.177 e. The van der Waals surface area contributed by atoms with Gasteiger partial charge < -0.3 is 14.8 Å². The molecule has 1 fully saturated rings. The van der Waals surface area contributed by atoms with Gasteiger partial charge >= 0.3 is 0 Å². The van der Waals surface area contributed by atoms with E-state index in [1.165, 1.54) is 11.8 Å². The second-order valence-corrected chi connectivity index (χ2v) is 5.39. The summed E-state index contributed by atoms with van der Waals surface area (Å²) >= 11 is 1.34. The van der Waals surface area contributed by atoms with E-state index >= 15 is 0 Å². The Morgan fingerprint density at radius 2 is 1.84 bits per heavy atom. The van der Waals surface area contributed by atoms with Gasteiger partial charge in [0.15, 0.2) is 11.5 Å². The van der Waals surface area contributed by atoms with Gasteiger partial charge in [0.25, 0.3) is 0 Å². The van der Waals surface area contributed by atoms with Gasteiger partial charge in [-0.05, 0) is 44.2 Å². The van der Waals surface area contributed by atoms with E-state index in [1.807, 2.05) is 6.26 Å². The Labute approximate surface area is 117 Å². The summed E-state index contributed by atoms with van der Waals surface area (Å²) in [5.41, 5.74) is 0.927. The fourth-order valence-electron chi connectivity index (χ4n) is 2.63. The topological polar surface area (TPSA) is 30.5 Å². The Balaban J connectivity index is 2.50. The van der Waals surface area contributed by atoms with Crippen LogP contribution in [0, 0.1) is 5.82 Å². The number of hydrogen-bond acceptors (Lipinski definition) is 4. The zero-order valence-corrected chi connectivity index (χ0v) is 12.4. The van der Waals surface area contributed by atoms with Crippen molar-refractivity contribution in [2.75, 3.05) is 33.6 Å². The maximum absolute atomic E-state index is 14.2. The van der Waals surface area contributed by atoms with Crippen molar-refractivity contribution in [3.63, 3.8) is 0 Å². The third kappa shape index (κ3) is 2.82. The number of piperidine rings is 1. The van der Waals surface area contributed by atoms with Crippen LogP contribution in [0.5, 0.6) is 11.5 Å². The van der Waals surface area contributed by atoms with Crippen molar-refractivity contribution in [1.29, 1.82) is 0 Å². The first kappa shape index (κ1) is 14.5. The molecule has 1 aromatic carbocycles. The lowest BCUT2D eigenvalue weighted by Crippen LogP contribution is -2.27. The first-order chi connectivity index (χ1) is 9.22. The number of nitrogens with one attached hydrogen (secondary N) is 1. The van der Waals surface area contributed by atoms with Gasteiger partial charge in [0.1, 0.15) is 5.82 Å². The van der Waals surface area contributed by atoms with E-state index < -0.39 is 0 Å². The Morgan fingerprint density at radius 3 is 2.37 bits per heavy atom. The van der Waals surface area contributed by atoms with Gasteiger partial charge in [0.05, 0.1) is 19.1 Å². The molecule has 0 saturated carbocycles. The van der Waals surface area contributed by atoms with Gasteiger partial charge in [-0.3, -0.25) is 0 Å². The van der Waals surface area contributed by atoms with Gasteiger partial charge in [-0.15, -0.1) is 11.8 Å². The molecule has 5 heteroatoms. The summed E-state index contributed by atoms with van der Waals surface area (Å²) in [6, 6.07) is 1.61. The molecule has 0 unspecified atom stereocenters. The summed E-state index contributed by atoms with van der Waals surface area (Å²) < 4.78 is 25.1. The summed E-state index contributed by atoms with van der Waals surface area (Å²) in [5, 5.41) is 3.32. The highest BCUT2D eigenvalue weighted by Crippen LogP contribution is 2.45. The van der Waals surface area contributed by atoms with E-state index in [9.17, 15) is 4.39 Å². The molecular formula is C14H20FNO2S. The molecule has 2 rings (SSSR count). The molecule has 0 aromatic heterocycles. The molecule has 1 aromatic rings. The Bertz CT molecular complexity index is 448. The van der Waals surface area contributed by atoms with Gasteiger partial charge in [0.2, 0.25) is 0 Å². The van der Waals surface area contributed by atoms with E-state index in [-0.39, 0.29) is 5.82 Å². The van der Waals surface area contributed by atoms with Crippen LogP contribution in [0.3, 0.4) is 0 Å². The minimum atomic E-state index is -0.223. The smallest absolute Gasteiger partial charge is 0.177 e. The Kier molecular flexibility index (Phi) is 4.93. The first-order valence-electron chi connectivity index (χ1n) is 6.42. The number of ether oxygens (including phenoxy) is 2. The molecule has 0 radical (unpaired) electrons. The van der Waals surface area contributed by atoms with E-state index in [2.05, 4.69) is 5.32 Å². The van der Waals surface area contributed by atoms with E-state index in [1.54, 1.807) is 20.3 Å². The van der Waals surface area contributed by atoms with Crippen LogP contribution in [0.15, 0.2) is 11.0 Å². The lowest BCUT2D eigenvalue weighted by atomic mass is 9.89. The summed E-state index contributed by atoms with van der Waals surface area (Å²) in [4.78, 5) is 0.511. The van der Waals surface area contributed by atoms with E-state index in [4.69, 9.17) is 9.47 Å².